The third-order valence-corrected chi connectivity index (χ3v) is 3.65. The predicted octanol–water partition coefficient (Wildman–Crippen LogP) is 3.75. The fourth-order valence-electron chi connectivity index (χ4n) is 1.34. The monoisotopic (exact) mass is 358 g/mol. The van der Waals surface area contributed by atoms with Crippen molar-refractivity contribution in [1.29, 1.82) is 0 Å². The number of halogens is 4. The van der Waals surface area contributed by atoms with E-state index in [1.165, 1.54) is 23.8 Å². The summed E-state index contributed by atoms with van der Waals surface area (Å²) in [5.74, 6) is 0. The van der Waals surface area contributed by atoms with Crippen LogP contribution in [0.15, 0.2) is 23.4 Å². The van der Waals surface area contributed by atoms with Gasteiger partial charge in [0.1, 0.15) is 6.10 Å². The topological polar surface area (TPSA) is 67.8 Å². The Labute approximate surface area is 131 Å². The van der Waals surface area contributed by atoms with Crippen LogP contribution < -0.4 is 4.72 Å². The van der Waals surface area contributed by atoms with E-state index in [1.807, 2.05) is 0 Å². The van der Waals surface area contributed by atoms with Gasteiger partial charge in [0.05, 0.1) is 11.4 Å². The van der Waals surface area contributed by atoms with Gasteiger partial charge in [-0.2, -0.15) is 21.6 Å². The molecule has 0 aliphatic rings. The fourth-order valence-corrected chi connectivity index (χ4v) is 2.10. The number of nitrogens with zero attached hydrogens (tertiary/aromatic N) is 1. The summed E-state index contributed by atoms with van der Waals surface area (Å²) in [6, 6.07) is 3.67. The second kappa shape index (κ2) is 6.74. The van der Waals surface area contributed by atoms with Gasteiger partial charge in [0.25, 0.3) is 0 Å². The van der Waals surface area contributed by atoms with Crippen LogP contribution in [0.25, 0.3) is 0 Å². The van der Waals surface area contributed by atoms with Crippen LogP contribution in [0.3, 0.4) is 0 Å². The number of alkyl halides is 3. The summed E-state index contributed by atoms with van der Waals surface area (Å²) in [5, 5.41) is 3.94. The molecule has 0 aliphatic carbocycles. The van der Waals surface area contributed by atoms with Crippen LogP contribution in [0, 0.1) is 0 Å². The molecule has 1 rings (SSSR count). The Morgan fingerprint density at radius 1 is 1.36 bits per heavy atom. The molecule has 0 saturated heterocycles. The molecule has 0 atom stereocenters. The van der Waals surface area contributed by atoms with Gasteiger partial charge in [-0.1, -0.05) is 16.8 Å². The highest BCUT2D eigenvalue weighted by Gasteiger charge is 2.46. The molecule has 1 aromatic rings. The van der Waals surface area contributed by atoms with Gasteiger partial charge in [0.2, 0.25) is 0 Å². The van der Waals surface area contributed by atoms with Crippen molar-refractivity contribution < 1.29 is 26.4 Å². The average molecular weight is 359 g/mol. The minimum Gasteiger partial charge on any atom is -0.393 e. The molecule has 0 aromatic heterocycles. The molecule has 10 heteroatoms. The molecule has 0 unspecified atom stereocenters. The largest absolute Gasteiger partial charge is 0.516 e. The zero-order chi connectivity index (χ0) is 17.1. The highest BCUT2D eigenvalue weighted by molar-refractivity contribution is 7.93. The Bertz CT molecular complexity index is 673. The number of hydrogen-bond acceptors (Lipinski definition) is 4. The first kappa shape index (κ1) is 18.6. The van der Waals surface area contributed by atoms with Crippen LogP contribution in [0.2, 0.25) is 5.02 Å². The standard InChI is InChI=1S/C12H14ClF3N2O3S/c1-7(2)21-17-8(3)10-6-9(13)4-5-11(10)18-22(19,20)12(14,15)16/h4-7,18H,1-3H3. The van der Waals surface area contributed by atoms with Crippen molar-refractivity contribution in [2.75, 3.05) is 4.72 Å². The number of anilines is 1. The zero-order valence-electron chi connectivity index (χ0n) is 11.9. The quantitative estimate of drug-likeness (QED) is 0.644. The minimum absolute atomic E-state index is 0.0842. The maximum Gasteiger partial charge on any atom is 0.516 e. The van der Waals surface area contributed by atoms with E-state index >= 15 is 0 Å². The second-order valence-corrected chi connectivity index (χ2v) is 6.68. The minimum atomic E-state index is -5.54. The molecule has 0 bridgehead atoms. The molecule has 0 saturated carbocycles. The van der Waals surface area contributed by atoms with E-state index in [0.717, 1.165) is 6.07 Å². The van der Waals surface area contributed by atoms with E-state index in [-0.39, 0.29) is 28.1 Å². The average Bonchev–Trinajstić information content (AvgIpc) is 2.36. The molecule has 1 N–H and O–H groups in total. The third-order valence-electron chi connectivity index (χ3n) is 2.32. The summed E-state index contributed by atoms with van der Waals surface area (Å²) in [7, 11) is -5.54. The van der Waals surface area contributed by atoms with E-state index in [9.17, 15) is 21.6 Å². The number of rotatable bonds is 5. The molecule has 0 amide bonds. The van der Waals surface area contributed by atoms with Crippen molar-refractivity contribution in [3.05, 3.63) is 28.8 Å². The number of nitrogens with one attached hydrogen (secondary N) is 1. The molecule has 5 nitrogen and oxygen atoms in total. The summed E-state index contributed by atoms with van der Waals surface area (Å²) in [6.07, 6.45) is -0.246. The van der Waals surface area contributed by atoms with E-state index in [0.29, 0.717) is 0 Å². The summed E-state index contributed by atoms with van der Waals surface area (Å²) in [5.41, 5.74) is -5.46. The molecule has 0 fully saturated rings. The first-order valence-corrected chi connectivity index (χ1v) is 7.89. The summed E-state index contributed by atoms with van der Waals surface area (Å²) >= 11 is 5.79. The van der Waals surface area contributed by atoms with Gasteiger partial charge in [-0.05, 0) is 39.0 Å². The lowest BCUT2D eigenvalue weighted by Gasteiger charge is -2.14. The van der Waals surface area contributed by atoms with Crippen molar-refractivity contribution in [3.8, 4) is 0 Å². The van der Waals surface area contributed by atoms with Crippen molar-refractivity contribution in [2.24, 2.45) is 5.16 Å². The van der Waals surface area contributed by atoms with Gasteiger partial charge in [-0.15, -0.1) is 0 Å². The molecular formula is C12H14ClF3N2O3S. The molecular weight excluding hydrogens is 345 g/mol. The van der Waals surface area contributed by atoms with Crippen LogP contribution in [0.4, 0.5) is 18.9 Å². The van der Waals surface area contributed by atoms with E-state index < -0.39 is 15.5 Å². The van der Waals surface area contributed by atoms with Gasteiger partial charge >= 0.3 is 15.5 Å². The molecule has 0 spiro atoms. The van der Waals surface area contributed by atoms with Crippen LogP contribution in [0.1, 0.15) is 26.3 Å². The van der Waals surface area contributed by atoms with Crippen molar-refractivity contribution >= 4 is 33.0 Å². The summed E-state index contributed by atoms with van der Waals surface area (Å²) in [6.45, 7) is 4.88. The van der Waals surface area contributed by atoms with Gasteiger partial charge in [-0.25, -0.2) is 0 Å². The van der Waals surface area contributed by atoms with Gasteiger partial charge in [0, 0.05) is 10.6 Å². The van der Waals surface area contributed by atoms with Crippen LogP contribution in [-0.4, -0.2) is 25.7 Å². The maximum absolute atomic E-state index is 12.5. The first-order valence-electron chi connectivity index (χ1n) is 6.03. The summed E-state index contributed by atoms with van der Waals surface area (Å²) < 4.78 is 61.2. The third kappa shape index (κ3) is 4.77. The maximum atomic E-state index is 12.5. The number of hydrogen-bond donors (Lipinski definition) is 1. The van der Waals surface area contributed by atoms with Crippen molar-refractivity contribution in [2.45, 2.75) is 32.4 Å². The van der Waals surface area contributed by atoms with E-state index in [2.05, 4.69) is 5.16 Å². The molecule has 124 valence electrons. The van der Waals surface area contributed by atoms with E-state index in [4.69, 9.17) is 16.4 Å². The molecule has 22 heavy (non-hydrogen) atoms. The second-order valence-electron chi connectivity index (χ2n) is 4.57. The fraction of sp³-hybridized carbons (Fsp3) is 0.417. The number of oxime groups is 1. The predicted molar refractivity (Wildman–Crippen MR) is 78.5 cm³/mol. The Balaban J connectivity index is 3.25. The Hall–Kier alpha value is -1.48. The Morgan fingerprint density at radius 3 is 2.45 bits per heavy atom. The van der Waals surface area contributed by atoms with Crippen LogP contribution >= 0.6 is 11.6 Å². The Kier molecular flexibility index (Phi) is 5.69. The smallest absolute Gasteiger partial charge is 0.393 e. The number of sulfonamides is 1. The molecule has 1 aromatic carbocycles. The van der Waals surface area contributed by atoms with E-state index in [1.54, 1.807) is 13.8 Å². The van der Waals surface area contributed by atoms with Crippen LogP contribution in [-0.2, 0) is 14.9 Å². The Morgan fingerprint density at radius 2 is 1.95 bits per heavy atom. The number of benzene rings is 1. The lowest BCUT2D eigenvalue weighted by molar-refractivity contribution is -0.0429. The van der Waals surface area contributed by atoms with Crippen molar-refractivity contribution in [3.63, 3.8) is 0 Å². The summed E-state index contributed by atoms with van der Waals surface area (Å²) in [4.78, 5) is 5.00. The molecule has 0 heterocycles. The van der Waals surface area contributed by atoms with Gasteiger partial charge in [-0.3, -0.25) is 4.72 Å². The van der Waals surface area contributed by atoms with Crippen molar-refractivity contribution in [1.82, 2.24) is 0 Å². The lowest BCUT2D eigenvalue weighted by atomic mass is 10.1. The van der Waals surface area contributed by atoms with Gasteiger partial charge < -0.3 is 4.84 Å². The molecule has 0 radical (unpaired) electrons. The normalized spacial score (nSPS) is 13.4. The van der Waals surface area contributed by atoms with Crippen LogP contribution in [0.5, 0.6) is 0 Å². The SMILES string of the molecule is CC(=NOC(C)C)c1cc(Cl)ccc1NS(=O)(=O)C(F)(F)F. The van der Waals surface area contributed by atoms with Gasteiger partial charge in [0.15, 0.2) is 0 Å². The molecule has 0 aliphatic heterocycles. The highest BCUT2D eigenvalue weighted by atomic mass is 35.5. The zero-order valence-corrected chi connectivity index (χ0v) is 13.5. The highest BCUT2D eigenvalue weighted by Crippen LogP contribution is 2.28. The lowest BCUT2D eigenvalue weighted by Crippen LogP contribution is -2.30. The first-order chi connectivity index (χ1) is 9.94.